The zero-order valence-corrected chi connectivity index (χ0v) is 15.0. The normalized spacial score (nSPS) is 11.2. The van der Waals surface area contributed by atoms with Gasteiger partial charge in [0.05, 0.1) is 17.5 Å². The van der Waals surface area contributed by atoms with Gasteiger partial charge >= 0.3 is 0 Å². The number of nitrogens with zero attached hydrogens (tertiary/aromatic N) is 2. The van der Waals surface area contributed by atoms with E-state index in [2.05, 4.69) is 5.32 Å². The summed E-state index contributed by atoms with van der Waals surface area (Å²) >= 11 is 0. The van der Waals surface area contributed by atoms with Crippen molar-refractivity contribution in [3.63, 3.8) is 0 Å². The fourth-order valence-corrected chi connectivity index (χ4v) is 3.10. The maximum Gasteiger partial charge on any atom is 0.225 e. The van der Waals surface area contributed by atoms with E-state index in [1.54, 1.807) is 30.3 Å². The number of benzene rings is 2. The lowest BCUT2D eigenvalue weighted by atomic mass is 10.2. The Morgan fingerprint density at radius 1 is 1.19 bits per heavy atom. The Kier molecular flexibility index (Phi) is 6.44. The maximum absolute atomic E-state index is 13.8. The summed E-state index contributed by atoms with van der Waals surface area (Å²) in [5.74, 6) is -0.941. The molecule has 0 aliphatic rings. The summed E-state index contributed by atoms with van der Waals surface area (Å²) in [4.78, 5) is 12.1. The minimum atomic E-state index is -3.63. The lowest BCUT2D eigenvalue weighted by molar-refractivity contribution is -0.116. The summed E-state index contributed by atoms with van der Waals surface area (Å²) in [5.41, 5.74) is 0.903. The molecule has 0 aromatic heterocycles. The number of nitrogens with one attached hydrogen (secondary N) is 1. The molecule has 2 aromatic carbocycles. The van der Waals surface area contributed by atoms with Gasteiger partial charge in [-0.3, -0.25) is 4.79 Å². The molecule has 0 bridgehead atoms. The highest BCUT2D eigenvalue weighted by atomic mass is 32.2. The molecule has 2 rings (SSSR count). The van der Waals surface area contributed by atoms with Crippen LogP contribution in [0.4, 0.5) is 10.1 Å². The largest absolute Gasteiger partial charge is 0.325 e. The second-order valence-corrected chi connectivity index (χ2v) is 7.63. The van der Waals surface area contributed by atoms with Gasteiger partial charge in [-0.2, -0.15) is 9.57 Å². The van der Waals surface area contributed by atoms with Gasteiger partial charge in [0.1, 0.15) is 11.9 Å². The molecule has 0 radical (unpaired) electrons. The van der Waals surface area contributed by atoms with Crippen molar-refractivity contribution < 1.29 is 17.6 Å². The summed E-state index contributed by atoms with van der Waals surface area (Å²) in [6, 6.07) is 14.4. The van der Waals surface area contributed by atoms with Gasteiger partial charge in [0.25, 0.3) is 0 Å². The molecule has 1 amide bonds. The molecule has 136 valence electrons. The van der Waals surface area contributed by atoms with Gasteiger partial charge in [0.2, 0.25) is 15.9 Å². The van der Waals surface area contributed by atoms with Crippen molar-refractivity contribution in [3.05, 3.63) is 65.5 Å². The number of para-hydroxylation sites is 1. The molecule has 2 aromatic rings. The molecule has 0 saturated heterocycles. The summed E-state index contributed by atoms with van der Waals surface area (Å²) < 4.78 is 38.7. The number of nitriles is 1. The number of amides is 1. The number of hydrogen-bond donors (Lipinski definition) is 1. The van der Waals surface area contributed by atoms with E-state index in [-0.39, 0.29) is 25.1 Å². The van der Waals surface area contributed by atoms with Crippen molar-refractivity contribution in [3.8, 4) is 6.07 Å². The van der Waals surface area contributed by atoms with Crippen LogP contribution in [-0.2, 0) is 21.4 Å². The van der Waals surface area contributed by atoms with E-state index in [4.69, 9.17) is 5.26 Å². The molecule has 0 unspecified atom stereocenters. The number of anilines is 1. The predicted molar refractivity (Wildman–Crippen MR) is 96.1 cm³/mol. The van der Waals surface area contributed by atoms with E-state index in [9.17, 15) is 17.6 Å². The van der Waals surface area contributed by atoms with Crippen LogP contribution in [0.2, 0.25) is 0 Å². The Bertz CT molecular complexity index is 939. The first-order chi connectivity index (χ1) is 12.3. The van der Waals surface area contributed by atoms with Crippen LogP contribution < -0.4 is 5.32 Å². The number of sulfonamides is 1. The van der Waals surface area contributed by atoms with Crippen LogP contribution in [0.3, 0.4) is 0 Å². The van der Waals surface area contributed by atoms with Crippen LogP contribution in [0.1, 0.15) is 17.5 Å². The van der Waals surface area contributed by atoms with Gasteiger partial charge in [-0.05, 0) is 18.2 Å². The van der Waals surface area contributed by atoms with Crippen LogP contribution in [-0.4, -0.2) is 31.4 Å². The monoisotopic (exact) mass is 375 g/mol. The summed E-state index contributed by atoms with van der Waals surface area (Å²) in [7, 11) is -3.63. The third kappa shape index (κ3) is 5.37. The second-order valence-electron chi connectivity index (χ2n) is 5.64. The molecule has 8 heteroatoms. The zero-order valence-electron chi connectivity index (χ0n) is 14.1. The lowest BCUT2D eigenvalue weighted by Crippen LogP contribution is -2.33. The molecule has 6 nitrogen and oxygen atoms in total. The highest BCUT2D eigenvalue weighted by Crippen LogP contribution is 2.15. The SMILES string of the molecule is CS(=O)(=O)N(CCC(=O)Nc1ccccc1C#N)Cc1ccccc1F. The van der Waals surface area contributed by atoms with E-state index in [0.717, 1.165) is 10.6 Å². The quantitative estimate of drug-likeness (QED) is 0.805. The third-order valence-electron chi connectivity index (χ3n) is 3.68. The second kappa shape index (κ2) is 8.56. The smallest absolute Gasteiger partial charge is 0.225 e. The first-order valence-electron chi connectivity index (χ1n) is 7.79. The lowest BCUT2D eigenvalue weighted by Gasteiger charge is -2.20. The Morgan fingerprint density at radius 2 is 1.85 bits per heavy atom. The minimum absolute atomic E-state index is 0.103. The van der Waals surface area contributed by atoms with Crippen molar-refractivity contribution in [2.45, 2.75) is 13.0 Å². The van der Waals surface area contributed by atoms with Crippen LogP contribution in [0.25, 0.3) is 0 Å². The van der Waals surface area contributed by atoms with Crippen LogP contribution in [0.15, 0.2) is 48.5 Å². The summed E-state index contributed by atoms with van der Waals surface area (Å²) in [6.45, 7) is -0.263. The number of rotatable bonds is 7. The fourth-order valence-electron chi connectivity index (χ4n) is 2.31. The fraction of sp³-hybridized carbons (Fsp3) is 0.222. The zero-order chi connectivity index (χ0) is 19.2. The minimum Gasteiger partial charge on any atom is -0.325 e. The first kappa shape index (κ1) is 19.6. The number of carbonyl (C=O) groups is 1. The van der Waals surface area contributed by atoms with E-state index in [0.29, 0.717) is 11.3 Å². The molecule has 1 N–H and O–H groups in total. The molecule has 0 saturated carbocycles. The molecule has 26 heavy (non-hydrogen) atoms. The highest BCUT2D eigenvalue weighted by molar-refractivity contribution is 7.88. The molecule has 0 aliphatic carbocycles. The van der Waals surface area contributed by atoms with Crippen LogP contribution >= 0.6 is 0 Å². The Morgan fingerprint density at radius 3 is 2.50 bits per heavy atom. The number of carbonyl (C=O) groups excluding carboxylic acids is 1. The van der Waals surface area contributed by atoms with Gasteiger partial charge in [0.15, 0.2) is 0 Å². The molecule has 0 atom stereocenters. The Labute approximate surface area is 151 Å². The van der Waals surface area contributed by atoms with E-state index < -0.39 is 21.7 Å². The van der Waals surface area contributed by atoms with Crippen molar-refractivity contribution in [1.29, 1.82) is 5.26 Å². The molecule has 0 spiro atoms. The van der Waals surface area contributed by atoms with Gasteiger partial charge in [-0.1, -0.05) is 30.3 Å². The third-order valence-corrected chi connectivity index (χ3v) is 4.93. The van der Waals surface area contributed by atoms with Gasteiger partial charge in [-0.25, -0.2) is 12.8 Å². The van der Waals surface area contributed by atoms with E-state index in [1.165, 1.54) is 18.2 Å². The predicted octanol–water partition coefficient (Wildman–Crippen LogP) is 2.49. The van der Waals surface area contributed by atoms with Gasteiger partial charge < -0.3 is 5.32 Å². The Hall–Kier alpha value is -2.76. The van der Waals surface area contributed by atoms with Crippen molar-refractivity contribution in [1.82, 2.24) is 4.31 Å². The molecule has 0 heterocycles. The summed E-state index contributed by atoms with van der Waals surface area (Å²) in [5, 5.41) is 11.6. The van der Waals surface area contributed by atoms with Gasteiger partial charge in [0, 0.05) is 25.1 Å². The molecule has 0 fully saturated rings. The number of halogens is 1. The topological polar surface area (TPSA) is 90.3 Å². The average Bonchev–Trinajstić information content (AvgIpc) is 2.59. The van der Waals surface area contributed by atoms with E-state index in [1.807, 2.05) is 6.07 Å². The summed E-state index contributed by atoms with van der Waals surface area (Å²) in [6.07, 6.45) is 0.887. The molecule has 0 aliphatic heterocycles. The Balaban J connectivity index is 2.04. The first-order valence-corrected chi connectivity index (χ1v) is 9.63. The maximum atomic E-state index is 13.8. The molecular formula is C18H18FN3O3S. The van der Waals surface area contributed by atoms with Crippen molar-refractivity contribution in [2.24, 2.45) is 0 Å². The van der Waals surface area contributed by atoms with Crippen LogP contribution in [0.5, 0.6) is 0 Å². The van der Waals surface area contributed by atoms with Crippen LogP contribution in [0, 0.1) is 17.1 Å². The van der Waals surface area contributed by atoms with Gasteiger partial charge in [-0.15, -0.1) is 0 Å². The van der Waals surface area contributed by atoms with E-state index >= 15 is 0 Å². The standard InChI is InChI=1S/C18H18FN3O3S/c1-26(24,25)22(13-15-7-2-4-8-16(15)19)11-10-18(23)21-17-9-5-3-6-14(17)12-20/h2-9H,10-11,13H2,1H3,(H,21,23). The number of hydrogen-bond acceptors (Lipinski definition) is 4. The molecular weight excluding hydrogens is 357 g/mol. The van der Waals surface area contributed by atoms with Crippen molar-refractivity contribution in [2.75, 3.05) is 18.1 Å². The average molecular weight is 375 g/mol. The highest BCUT2D eigenvalue weighted by Gasteiger charge is 2.20. The van der Waals surface area contributed by atoms with Crippen molar-refractivity contribution >= 4 is 21.6 Å².